The highest BCUT2D eigenvalue weighted by molar-refractivity contribution is 5.36. The average molecular weight is 279 g/mol. The van der Waals surface area contributed by atoms with E-state index in [1.54, 1.807) is 0 Å². The van der Waals surface area contributed by atoms with Crippen molar-refractivity contribution in [2.24, 2.45) is 11.7 Å². The first-order valence-corrected chi connectivity index (χ1v) is 7.88. The van der Waals surface area contributed by atoms with Crippen LogP contribution in [-0.2, 0) is 12.8 Å². The van der Waals surface area contributed by atoms with Gasteiger partial charge in [-0.05, 0) is 60.4 Å². The van der Waals surface area contributed by atoms with Gasteiger partial charge in [-0.15, -0.1) is 0 Å². The molecule has 2 aliphatic rings. The van der Waals surface area contributed by atoms with Gasteiger partial charge in [0.2, 0.25) is 0 Å². The molecule has 2 N–H and O–H groups in total. The van der Waals surface area contributed by atoms with Gasteiger partial charge in [-0.1, -0.05) is 36.4 Å². The van der Waals surface area contributed by atoms with Crippen LogP contribution >= 0.6 is 0 Å². The third-order valence-electron chi connectivity index (χ3n) is 4.66. The first-order valence-electron chi connectivity index (χ1n) is 7.88. The summed E-state index contributed by atoms with van der Waals surface area (Å²) >= 11 is 0. The summed E-state index contributed by atoms with van der Waals surface area (Å²) in [7, 11) is 0. The second-order valence-corrected chi connectivity index (χ2v) is 6.35. The SMILES string of the molecule is NC(c1cccc(OC2CC2)c1)C1Cc2ccccc2C1. The molecule has 21 heavy (non-hydrogen) atoms. The van der Waals surface area contributed by atoms with Crippen molar-refractivity contribution >= 4 is 0 Å². The summed E-state index contributed by atoms with van der Waals surface area (Å²) in [6.45, 7) is 0. The van der Waals surface area contributed by atoms with Crippen molar-refractivity contribution in [2.45, 2.75) is 37.8 Å². The van der Waals surface area contributed by atoms with Crippen molar-refractivity contribution in [3.8, 4) is 5.75 Å². The van der Waals surface area contributed by atoms with Crippen molar-refractivity contribution in [1.29, 1.82) is 0 Å². The van der Waals surface area contributed by atoms with Crippen LogP contribution in [0.2, 0.25) is 0 Å². The number of benzene rings is 2. The Morgan fingerprint density at radius 2 is 1.67 bits per heavy atom. The highest BCUT2D eigenvalue weighted by atomic mass is 16.5. The van der Waals surface area contributed by atoms with Gasteiger partial charge in [-0.25, -0.2) is 0 Å². The molecule has 2 heteroatoms. The Hall–Kier alpha value is -1.80. The fraction of sp³-hybridized carbons (Fsp3) is 0.368. The zero-order valence-corrected chi connectivity index (χ0v) is 12.2. The Bertz CT molecular complexity index is 623. The van der Waals surface area contributed by atoms with Crippen LogP contribution < -0.4 is 10.5 Å². The summed E-state index contributed by atoms with van der Waals surface area (Å²) in [5.41, 5.74) is 10.7. The van der Waals surface area contributed by atoms with Gasteiger partial charge in [0, 0.05) is 6.04 Å². The third kappa shape index (κ3) is 2.68. The fourth-order valence-electron chi connectivity index (χ4n) is 3.29. The smallest absolute Gasteiger partial charge is 0.120 e. The maximum absolute atomic E-state index is 6.54. The minimum Gasteiger partial charge on any atom is -0.490 e. The summed E-state index contributed by atoms with van der Waals surface area (Å²) in [6, 6.07) is 17.2. The molecule has 0 aromatic heterocycles. The molecule has 4 rings (SSSR count). The lowest BCUT2D eigenvalue weighted by Gasteiger charge is -2.20. The molecular weight excluding hydrogens is 258 g/mol. The van der Waals surface area contributed by atoms with Gasteiger partial charge >= 0.3 is 0 Å². The number of ether oxygens (including phenoxy) is 1. The minimum atomic E-state index is 0.0835. The van der Waals surface area contributed by atoms with Crippen molar-refractivity contribution < 1.29 is 4.74 Å². The number of nitrogens with two attached hydrogens (primary N) is 1. The van der Waals surface area contributed by atoms with Gasteiger partial charge < -0.3 is 10.5 Å². The summed E-state index contributed by atoms with van der Waals surface area (Å²) in [4.78, 5) is 0. The average Bonchev–Trinajstić information content (AvgIpc) is 3.21. The monoisotopic (exact) mass is 279 g/mol. The zero-order valence-electron chi connectivity index (χ0n) is 12.2. The second-order valence-electron chi connectivity index (χ2n) is 6.35. The van der Waals surface area contributed by atoms with Crippen molar-refractivity contribution in [2.75, 3.05) is 0 Å². The first kappa shape index (κ1) is 12.9. The lowest BCUT2D eigenvalue weighted by atomic mass is 9.91. The Kier molecular flexibility index (Phi) is 3.19. The standard InChI is InChI=1S/C19H21NO/c20-19(16-10-13-4-1-2-5-14(13)11-16)15-6-3-7-18(12-15)21-17-8-9-17/h1-7,12,16-17,19H,8-11,20H2. The minimum absolute atomic E-state index is 0.0835. The van der Waals surface area contributed by atoms with E-state index < -0.39 is 0 Å². The molecule has 1 unspecified atom stereocenters. The number of rotatable bonds is 4. The molecule has 2 aliphatic carbocycles. The van der Waals surface area contributed by atoms with Gasteiger partial charge in [0.15, 0.2) is 0 Å². The lowest BCUT2D eigenvalue weighted by molar-refractivity contribution is 0.302. The van der Waals surface area contributed by atoms with Crippen LogP contribution in [0.4, 0.5) is 0 Å². The largest absolute Gasteiger partial charge is 0.490 e. The maximum Gasteiger partial charge on any atom is 0.120 e. The van der Waals surface area contributed by atoms with Crippen LogP contribution in [0.5, 0.6) is 5.75 Å². The van der Waals surface area contributed by atoms with Gasteiger partial charge in [0.25, 0.3) is 0 Å². The fourth-order valence-corrected chi connectivity index (χ4v) is 3.29. The van der Waals surface area contributed by atoms with Crippen molar-refractivity contribution in [3.05, 3.63) is 65.2 Å². The van der Waals surface area contributed by atoms with E-state index in [-0.39, 0.29) is 6.04 Å². The predicted octanol–water partition coefficient (Wildman–Crippen LogP) is 3.64. The van der Waals surface area contributed by atoms with E-state index in [0.717, 1.165) is 18.6 Å². The zero-order chi connectivity index (χ0) is 14.2. The summed E-state index contributed by atoms with van der Waals surface area (Å²) < 4.78 is 5.89. The van der Waals surface area contributed by atoms with E-state index in [1.165, 1.54) is 29.5 Å². The molecule has 0 heterocycles. The van der Waals surface area contributed by atoms with Gasteiger partial charge in [0.1, 0.15) is 5.75 Å². The van der Waals surface area contributed by atoms with E-state index in [4.69, 9.17) is 10.5 Å². The Labute approximate surface area is 125 Å². The van der Waals surface area contributed by atoms with Gasteiger partial charge in [0.05, 0.1) is 6.10 Å². The molecule has 1 fully saturated rings. The van der Waals surface area contributed by atoms with Crippen LogP contribution in [0.3, 0.4) is 0 Å². The topological polar surface area (TPSA) is 35.2 Å². The van der Waals surface area contributed by atoms with Crippen LogP contribution in [0.25, 0.3) is 0 Å². The van der Waals surface area contributed by atoms with E-state index >= 15 is 0 Å². The van der Waals surface area contributed by atoms with E-state index in [1.807, 2.05) is 6.07 Å². The molecule has 1 saturated carbocycles. The quantitative estimate of drug-likeness (QED) is 0.927. The van der Waals surface area contributed by atoms with E-state index in [2.05, 4.69) is 42.5 Å². The van der Waals surface area contributed by atoms with Crippen molar-refractivity contribution in [3.63, 3.8) is 0 Å². The number of hydrogen-bond acceptors (Lipinski definition) is 2. The molecule has 0 radical (unpaired) electrons. The molecule has 2 aromatic rings. The van der Waals surface area contributed by atoms with Gasteiger partial charge in [-0.3, -0.25) is 0 Å². The molecule has 0 aliphatic heterocycles. The van der Waals surface area contributed by atoms with Crippen LogP contribution in [0.15, 0.2) is 48.5 Å². The third-order valence-corrected chi connectivity index (χ3v) is 4.66. The van der Waals surface area contributed by atoms with Crippen molar-refractivity contribution in [1.82, 2.24) is 0 Å². The van der Waals surface area contributed by atoms with E-state index in [0.29, 0.717) is 12.0 Å². The molecule has 0 bridgehead atoms. The predicted molar refractivity (Wildman–Crippen MR) is 84.4 cm³/mol. The summed E-state index contributed by atoms with van der Waals surface area (Å²) in [6.07, 6.45) is 4.99. The molecule has 1 atom stereocenters. The van der Waals surface area contributed by atoms with Crippen LogP contribution in [-0.4, -0.2) is 6.10 Å². The molecule has 2 aromatic carbocycles. The molecular formula is C19H21NO. The number of hydrogen-bond donors (Lipinski definition) is 1. The molecule has 0 saturated heterocycles. The second kappa shape index (κ2) is 5.19. The molecule has 2 nitrogen and oxygen atoms in total. The van der Waals surface area contributed by atoms with Crippen LogP contribution in [0, 0.1) is 5.92 Å². The normalized spacial score (nSPS) is 19.3. The molecule has 0 spiro atoms. The Balaban J connectivity index is 1.51. The first-order chi connectivity index (χ1) is 10.3. The Morgan fingerprint density at radius 3 is 2.33 bits per heavy atom. The summed E-state index contributed by atoms with van der Waals surface area (Å²) in [5.74, 6) is 1.47. The maximum atomic E-state index is 6.54. The molecule has 108 valence electrons. The highest BCUT2D eigenvalue weighted by Gasteiger charge is 2.28. The van der Waals surface area contributed by atoms with E-state index in [9.17, 15) is 0 Å². The van der Waals surface area contributed by atoms with Gasteiger partial charge in [-0.2, -0.15) is 0 Å². The molecule has 0 amide bonds. The summed E-state index contributed by atoms with van der Waals surface area (Å²) in [5, 5.41) is 0. The highest BCUT2D eigenvalue weighted by Crippen LogP contribution is 2.35. The Morgan fingerprint density at radius 1 is 0.952 bits per heavy atom. The lowest BCUT2D eigenvalue weighted by Crippen LogP contribution is -2.21. The number of fused-ring (bicyclic) bond motifs is 1. The van der Waals surface area contributed by atoms with Crippen LogP contribution in [0.1, 0.15) is 35.6 Å².